The quantitative estimate of drug-likeness (QED) is 0.537. The first-order valence-electron chi connectivity index (χ1n) is 10.3. The topological polar surface area (TPSA) is 66.4 Å². The highest BCUT2D eigenvalue weighted by Gasteiger charge is 2.19. The van der Waals surface area contributed by atoms with Crippen LogP contribution in [0.3, 0.4) is 0 Å². The molecule has 0 unspecified atom stereocenters. The molecule has 2 aromatic heterocycles. The average molecular weight is 415 g/mol. The van der Waals surface area contributed by atoms with Gasteiger partial charge in [0, 0.05) is 50.7 Å². The number of aromatic nitrogens is 2. The lowest BCUT2D eigenvalue weighted by molar-refractivity contribution is -0.128. The molecule has 0 spiro atoms. The summed E-state index contributed by atoms with van der Waals surface area (Å²) in [5.41, 5.74) is 1.68. The van der Waals surface area contributed by atoms with Crippen molar-refractivity contribution in [2.45, 2.75) is 6.42 Å². The number of hydrogen-bond donors (Lipinski definition) is 0. The first-order chi connectivity index (χ1) is 15.2. The lowest BCUT2D eigenvalue weighted by Crippen LogP contribution is -2.36. The molecule has 1 aliphatic heterocycles. The molecule has 1 saturated heterocycles. The largest absolute Gasteiger partial charge is 0.337 e. The Bertz CT molecular complexity index is 886. The summed E-state index contributed by atoms with van der Waals surface area (Å²) >= 11 is 0. The molecule has 1 aliphatic rings. The van der Waals surface area contributed by atoms with Crippen LogP contribution in [-0.2, 0) is 9.59 Å². The molecule has 0 N–H and O–H groups in total. The zero-order chi connectivity index (χ0) is 21.7. The standard InChI is InChI=1S/C25H26N4O2/c30-24(14-3-1-10-22-12-5-7-16-26-22)28-18-9-19-29(21-20-28)25(31)15-4-2-11-23-13-6-8-17-27-23/h1-8,10-17H,9,18-21H2. The number of rotatable bonds is 6. The van der Waals surface area contributed by atoms with E-state index in [2.05, 4.69) is 9.97 Å². The Morgan fingerprint density at radius 3 is 1.58 bits per heavy atom. The molecule has 31 heavy (non-hydrogen) atoms. The number of amides is 2. The van der Waals surface area contributed by atoms with Gasteiger partial charge in [0.25, 0.3) is 0 Å². The highest BCUT2D eigenvalue weighted by atomic mass is 16.2. The van der Waals surface area contributed by atoms with Gasteiger partial charge in [-0.25, -0.2) is 0 Å². The molecule has 3 rings (SSSR count). The van der Waals surface area contributed by atoms with Crippen LogP contribution in [0.25, 0.3) is 12.2 Å². The number of nitrogens with zero attached hydrogens (tertiary/aromatic N) is 4. The van der Waals surface area contributed by atoms with Crippen LogP contribution in [0, 0.1) is 0 Å². The minimum Gasteiger partial charge on any atom is -0.337 e. The summed E-state index contributed by atoms with van der Waals surface area (Å²) in [6.07, 6.45) is 18.1. The van der Waals surface area contributed by atoms with E-state index >= 15 is 0 Å². The van der Waals surface area contributed by atoms with E-state index in [4.69, 9.17) is 0 Å². The molecule has 2 aromatic rings. The number of pyridine rings is 2. The maximum absolute atomic E-state index is 12.4. The summed E-state index contributed by atoms with van der Waals surface area (Å²) in [6.45, 7) is 2.33. The van der Waals surface area contributed by atoms with E-state index in [-0.39, 0.29) is 11.8 Å². The summed E-state index contributed by atoms with van der Waals surface area (Å²) in [5, 5.41) is 0. The van der Waals surface area contributed by atoms with Crippen molar-refractivity contribution >= 4 is 24.0 Å². The molecule has 0 radical (unpaired) electrons. The van der Waals surface area contributed by atoms with Crippen LogP contribution in [0.1, 0.15) is 17.8 Å². The van der Waals surface area contributed by atoms with Gasteiger partial charge in [-0.15, -0.1) is 0 Å². The molecule has 1 fully saturated rings. The van der Waals surface area contributed by atoms with E-state index in [9.17, 15) is 9.59 Å². The van der Waals surface area contributed by atoms with Gasteiger partial charge in [-0.05, 0) is 42.8 Å². The van der Waals surface area contributed by atoms with Gasteiger partial charge in [0.05, 0.1) is 11.4 Å². The molecule has 0 aromatic carbocycles. The number of hydrogen-bond acceptors (Lipinski definition) is 4. The van der Waals surface area contributed by atoms with Crippen molar-refractivity contribution in [1.82, 2.24) is 19.8 Å². The second-order valence-corrected chi connectivity index (χ2v) is 6.95. The van der Waals surface area contributed by atoms with Gasteiger partial charge in [-0.3, -0.25) is 19.6 Å². The SMILES string of the molecule is O=C(C=CC=Cc1ccccn1)N1CCCN(C(=O)C=CC=Cc2ccccn2)CC1. The average Bonchev–Trinajstić information content (AvgIpc) is 3.07. The molecule has 0 bridgehead atoms. The molecule has 6 nitrogen and oxygen atoms in total. The predicted molar refractivity (Wildman–Crippen MR) is 123 cm³/mol. The fourth-order valence-corrected chi connectivity index (χ4v) is 3.10. The zero-order valence-electron chi connectivity index (χ0n) is 17.4. The summed E-state index contributed by atoms with van der Waals surface area (Å²) in [5.74, 6) is -0.0948. The molecule has 0 saturated carbocycles. The van der Waals surface area contributed by atoms with Gasteiger partial charge in [0.2, 0.25) is 11.8 Å². The summed E-state index contributed by atoms with van der Waals surface area (Å²) < 4.78 is 0. The molecule has 3 heterocycles. The third-order valence-corrected chi connectivity index (χ3v) is 4.73. The van der Waals surface area contributed by atoms with Crippen LogP contribution >= 0.6 is 0 Å². The van der Waals surface area contributed by atoms with Gasteiger partial charge in [0.15, 0.2) is 0 Å². The minimum absolute atomic E-state index is 0.0474. The Hall–Kier alpha value is -3.80. The van der Waals surface area contributed by atoms with Crippen molar-refractivity contribution < 1.29 is 9.59 Å². The maximum Gasteiger partial charge on any atom is 0.246 e. The van der Waals surface area contributed by atoms with E-state index < -0.39 is 0 Å². The van der Waals surface area contributed by atoms with Crippen molar-refractivity contribution in [3.63, 3.8) is 0 Å². The Labute approximate surface area is 182 Å². The van der Waals surface area contributed by atoms with Gasteiger partial charge in [-0.2, -0.15) is 0 Å². The lowest BCUT2D eigenvalue weighted by Gasteiger charge is -2.20. The van der Waals surface area contributed by atoms with Crippen molar-refractivity contribution in [2.75, 3.05) is 26.2 Å². The fraction of sp³-hybridized carbons (Fsp3) is 0.200. The summed E-state index contributed by atoms with van der Waals surface area (Å²) in [6, 6.07) is 11.3. The van der Waals surface area contributed by atoms with Gasteiger partial charge in [0.1, 0.15) is 0 Å². The third-order valence-electron chi connectivity index (χ3n) is 4.73. The van der Waals surface area contributed by atoms with Crippen molar-refractivity contribution in [2.24, 2.45) is 0 Å². The summed E-state index contributed by atoms with van der Waals surface area (Å²) in [7, 11) is 0. The lowest BCUT2D eigenvalue weighted by atomic mass is 10.3. The molecular formula is C25H26N4O2. The van der Waals surface area contributed by atoms with Gasteiger partial charge >= 0.3 is 0 Å². The first kappa shape index (κ1) is 21.9. The first-order valence-corrected chi connectivity index (χ1v) is 10.3. The second kappa shape index (κ2) is 12.0. The minimum atomic E-state index is -0.0474. The zero-order valence-corrected chi connectivity index (χ0v) is 17.4. The number of carbonyl (C=O) groups is 2. The number of carbonyl (C=O) groups excluding carboxylic acids is 2. The summed E-state index contributed by atoms with van der Waals surface area (Å²) in [4.78, 5) is 36.8. The Morgan fingerprint density at radius 2 is 1.16 bits per heavy atom. The molecule has 0 aliphatic carbocycles. The third kappa shape index (κ3) is 7.51. The van der Waals surface area contributed by atoms with E-state index in [1.807, 2.05) is 48.6 Å². The van der Waals surface area contributed by atoms with Crippen LogP contribution in [0.4, 0.5) is 0 Å². The smallest absolute Gasteiger partial charge is 0.246 e. The normalized spacial score (nSPS) is 15.4. The van der Waals surface area contributed by atoms with Gasteiger partial charge < -0.3 is 9.80 Å². The van der Waals surface area contributed by atoms with Gasteiger partial charge in [-0.1, -0.05) is 36.4 Å². The van der Waals surface area contributed by atoms with E-state index in [0.29, 0.717) is 26.2 Å². The Balaban J connectivity index is 1.45. The molecule has 158 valence electrons. The van der Waals surface area contributed by atoms with Crippen LogP contribution in [0.2, 0.25) is 0 Å². The predicted octanol–water partition coefficient (Wildman–Crippen LogP) is 3.38. The molecule has 2 amide bonds. The molecular weight excluding hydrogens is 388 g/mol. The second-order valence-electron chi connectivity index (χ2n) is 6.95. The van der Waals surface area contributed by atoms with E-state index in [1.165, 1.54) is 0 Å². The maximum atomic E-state index is 12.4. The highest BCUT2D eigenvalue weighted by Crippen LogP contribution is 2.06. The monoisotopic (exact) mass is 414 g/mol. The molecule has 6 heteroatoms. The van der Waals surface area contributed by atoms with Crippen LogP contribution in [0.15, 0.2) is 85.2 Å². The highest BCUT2D eigenvalue weighted by molar-refractivity contribution is 5.89. The number of allylic oxidation sites excluding steroid dienone is 4. The van der Waals surface area contributed by atoms with Crippen LogP contribution in [0.5, 0.6) is 0 Å². The Kier molecular flexibility index (Phi) is 8.49. The van der Waals surface area contributed by atoms with Crippen molar-refractivity contribution in [3.8, 4) is 0 Å². The van der Waals surface area contributed by atoms with Crippen LogP contribution < -0.4 is 0 Å². The van der Waals surface area contributed by atoms with E-state index in [1.54, 1.807) is 58.6 Å². The van der Waals surface area contributed by atoms with Crippen LogP contribution in [-0.4, -0.2) is 57.8 Å². The Morgan fingerprint density at radius 1 is 0.677 bits per heavy atom. The van der Waals surface area contributed by atoms with E-state index in [0.717, 1.165) is 17.8 Å². The van der Waals surface area contributed by atoms with Crippen molar-refractivity contribution in [3.05, 3.63) is 96.6 Å². The van der Waals surface area contributed by atoms with Crippen molar-refractivity contribution in [1.29, 1.82) is 0 Å². The fourth-order valence-electron chi connectivity index (χ4n) is 3.10. The molecule has 0 atom stereocenters.